The maximum atomic E-state index is 15.1. The molecule has 3 aliphatic heterocycles. The first-order valence-corrected chi connectivity index (χ1v) is 19.5. The van der Waals surface area contributed by atoms with Crippen molar-refractivity contribution in [1.29, 1.82) is 0 Å². The molecule has 354 valence electrons. The quantitative estimate of drug-likeness (QED) is 0.151. The highest BCUT2D eigenvalue weighted by Crippen LogP contribution is 2.57. The number of benzene rings is 2. The van der Waals surface area contributed by atoms with E-state index in [2.05, 4.69) is 53.4 Å². The van der Waals surface area contributed by atoms with Gasteiger partial charge in [-0.2, -0.15) is 39.5 Å². The number of amides is 2. The fourth-order valence-corrected chi connectivity index (χ4v) is 7.50. The monoisotopic (exact) mass is 959 g/mol. The predicted octanol–water partition coefficient (Wildman–Crippen LogP) is 6.93. The van der Waals surface area contributed by atoms with Crippen LogP contribution in [0.15, 0.2) is 36.4 Å². The maximum Gasteiger partial charge on any atom is 0.490 e. The number of carbonyl (C=O) groups excluding carboxylic acids is 2. The molecule has 5 rings (SSSR count). The van der Waals surface area contributed by atoms with Gasteiger partial charge in [0.1, 0.15) is 11.2 Å². The Morgan fingerprint density at radius 2 is 1.29 bits per heavy atom. The molecule has 0 aromatic heterocycles. The third-order valence-corrected chi connectivity index (χ3v) is 10.2. The second kappa shape index (κ2) is 22.0. The first-order valence-electron chi connectivity index (χ1n) is 18.7. The van der Waals surface area contributed by atoms with Crippen molar-refractivity contribution in [3.63, 3.8) is 0 Å². The number of carboxylic acids is 3. The van der Waals surface area contributed by atoms with Gasteiger partial charge in [0.2, 0.25) is 11.8 Å². The molecule has 6 N–H and O–H groups in total. The van der Waals surface area contributed by atoms with E-state index < -0.39 is 65.7 Å². The molecule has 0 radical (unpaired) electrons. The van der Waals surface area contributed by atoms with Crippen molar-refractivity contribution in [2.75, 3.05) is 51.1 Å². The van der Waals surface area contributed by atoms with E-state index in [0.717, 1.165) is 51.3 Å². The molecule has 0 bridgehead atoms. The molecule has 2 saturated heterocycles. The van der Waals surface area contributed by atoms with Crippen LogP contribution in [0.1, 0.15) is 57.6 Å². The lowest BCUT2D eigenvalue weighted by Gasteiger charge is -2.37. The van der Waals surface area contributed by atoms with Gasteiger partial charge in [-0.3, -0.25) is 14.5 Å². The molecular weight excluding hydrogens is 915 g/mol. The van der Waals surface area contributed by atoms with E-state index in [1.54, 1.807) is 6.07 Å². The van der Waals surface area contributed by atoms with Gasteiger partial charge in [-0.1, -0.05) is 63.0 Å². The number of halogens is 12. The van der Waals surface area contributed by atoms with Gasteiger partial charge in [-0.15, -0.1) is 0 Å². The Morgan fingerprint density at radius 1 is 0.810 bits per heavy atom. The van der Waals surface area contributed by atoms with Crippen molar-refractivity contribution >= 4 is 58.6 Å². The lowest BCUT2D eigenvalue weighted by Crippen LogP contribution is -2.50. The summed E-state index contributed by atoms with van der Waals surface area (Å²) in [5.41, 5.74) is 0.292. The second-order valence-corrected chi connectivity index (χ2v) is 16.4. The molecular formula is C38H45Cl2F10N5O8. The van der Waals surface area contributed by atoms with Crippen LogP contribution in [0.4, 0.5) is 49.6 Å². The number of carbonyl (C=O) groups is 5. The van der Waals surface area contributed by atoms with Gasteiger partial charge >= 0.3 is 36.4 Å². The van der Waals surface area contributed by atoms with E-state index in [1.165, 1.54) is 12.1 Å². The minimum absolute atomic E-state index is 0.0615. The summed E-state index contributed by atoms with van der Waals surface area (Å²) in [5, 5.41) is 31.5. The third-order valence-electron chi connectivity index (χ3n) is 9.65. The molecule has 63 heavy (non-hydrogen) atoms. The van der Waals surface area contributed by atoms with Crippen LogP contribution in [0.2, 0.25) is 10.0 Å². The number of nitrogens with zero attached hydrogens (tertiary/aromatic N) is 2. The molecule has 2 aromatic rings. The summed E-state index contributed by atoms with van der Waals surface area (Å²) in [6.07, 6.45) is -13.5. The summed E-state index contributed by atoms with van der Waals surface area (Å²) < 4.78 is 110. The standard InChI is InChI=1S/C32H42Cl2FN5O2.3C2HF3O2/c1-5-10-39-12-14-40(15-13-39)11-9-36-29(41)28-27(20-7-6-8-21(33)16-20)32(26(38-28)19-31(2,3)4)22-17-24(35)23(34)18-25(22)37-30(32)42;3*3-2(4,5)1(6)7/h6-8,16-18,26-28,38H,5,9-15,19H2,1-4H3,(H,36,41)(H,37,42);3*(H,6,7)/t26-,27+,28-,32+;;;/m1.../s1. The van der Waals surface area contributed by atoms with Gasteiger partial charge in [-0.25, -0.2) is 18.8 Å². The average Bonchev–Trinajstić information content (AvgIpc) is 3.61. The van der Waals surface area contributed by atoms with Crippen LogP contribution in [0.25, 0.3) is 0 Å². The molecule has 3 heterocycles. The topological polar surface area (TPSA) is 189 Å². The van der Waals surface area contributed by atoms with Crippen molar-refractivity contribution in [1.82, 2.24) is 20.4 Å². The van der Waals surface area contributed by atoms with Crippen LogP contribution in [-0.4, -0.2) is 131 Å². The minimum Gasteiger partial charge on any atom is -0.475 e. The van der Waals surface area contributed by atoms with Crippen molar-refractivity contribution in [3.05, 3.63) is 63.4 Å². The Kier molecular flexibility index (Phi) is 19.1. The van der Waals surface area contributed by atoms with Gasteiger partial charge in [-0.05, 0) is 60.2 Å². The van der Waals surface area contributed by atoms with Crippen LogP contribution in [0.5, 0.6) is 0 Å². The van der Waals surface area contributed by atoms with E-state index in [9.17, 15) is 49.1 Å². The highest BCUT2D eigenvalue weighted by Gasteiger charge is 2.66. The van der Waals surface area contributed by atoms with E-state index >= 15 is 4.39 Å². The molecule has 3 aliphatic rings. The fraction of sp³-hybridized carbons (Fsp3) is 0.553. The molecule has 4 atom stereocenters. The Bertz CT molecular complexity index is 1880. The second-order valence-electron chi connectivity index (χ2n) is 15.5. The molecule has 2 fully saturated rings. The number of anilines is 1. The molecule has 2 amide bonds. The zero-order valence-electron chi connectivity index (χ0n) is 33.9. The number of aliphatic carboxylic acids is 3. The molecule has 13 nitrogen and oxygen atoms in total. The zero-order chi connectivity index (χ0) is 48.5. The molecule has 1 spiro atoms. The van der Waals surface area contributed by atoms with Crippen LogP contribution in [0.3, 0.4) is 0 Å². The van der Waals surface area contributed by atoms with Gasteiger partial charge in [0.05, 0.1) is 11.1 Å². The number of rotatable bonds is 8. The number of nitrogens with one attached hydrogen (secondary N) is 3. The lowest BCUT2D eigenvalue weighted by molar-refractivity contribution is -0.193. The number of hydrogen-bond acceptors (Lipinski definition) is 8. The van der Waals surface area contributed by atoms with E-state index in [-0.39, 0.29) is 22.3 Å². The summed E-state index contributed by atoms with van der Waals surface area (Å²) in [5.74, 6) is -9.96. The lowest BCUT2D eigenvalue weighted by atomic mass is 9.62. The third kappa shape index (κ3) is 15.4. The molecule has 0 saturated carbocycles. The summed E-state index contributed by atoms with van der Waals surface area (Å²) in [7, 11) is 0. The van der Waals surface area contributed by atoms with Gasteiger partial charge < -0.3 is 36.2 Å². The SMILES string of the molecule is CCCN1CCN(CCNC(=O)[C@@H]2N[C@H](CC(C)(C)C)[C@]3(C(=O)Nc4cc(Cl)c(F)cc43)[C@H]2c2cccc(Cl)c2)CC1.O=C(O)C(F)(F)F.O=C(O)C(F)(F)F.O=C(O)C(F)(F)F. The van der Waals surface area contributed by atoms with Crippen molar-refractivity contribution in [2.24, 2.45) is 5.41 Å². The van der Waals surface area contributed by atoms with E-state index in [4.69, 9.17) is 52.9 Å². The number of fused-ring (bicyclic) bond motifs is 2. The van der Waals surface area contributed by atoms with Crippen molar-refractivity contribution in [2.45, 2.75) is 82.5 Å². The van der Waals surface area contributed by atoms with E-state index in [1.807, 2.05) is 18.2 Å². The first kappa shape index (κ1) is 54.7. The Hall–Kier alpha value is -4.45. The Morgan fingerprint density at radius 3 is 1.71 bits per heavy atom. The molecule has 0 aliphatic carbocycles. The summed E-state index contributed by atoms with van der Waals surface area (Å²) in [4.78, 5) is 59.8. The average molecular weight is 961 g/mol. The smallest absolute Gasteiger partial charge is 0.475 e. The molecule has 25 heteroatoms. The molecule has 2 aromatic carbocycles. The fourth-order valence-electron chi connectivity index (χ4n) is 7.13. The number of alkyl halides is 9. The van der Waals surface area contributed by atoms with Gasteiger partial charge in [0.15, 0.2) is 0 Å². The van der Waals surface area contributed by atoms with Crippen LogP contribution in [-0.2, 0) is 29.4 Å². The summed E-state index contributed by atoms with van der Waals surface area (Å²) >= 11 is 12.6. The number of piperazine rings is 1. The largest absolute Gasteiger partial charge is 0.490 e. The van der Waals surface area contributed by atoms with Crippen LogP contribution in [0, 0.1) is 11.2 Å². The van der Waals surface area contributed by atoms with E-state index in [0.29, 0.717) is 29.2 Å². The Balaban J connectivity index is 0.000000536. The zero-order valence-corrected chi connectivity index (χ0v) is 35.4. The van der Waals surface area contributed by atoms with Crippen molar-refractivity contribution < 1.29 is 83.2 Å². The molecule has 0 unspecified atom stereocenters. The predicted molar refractivity (Wildman–Crippen MR) is 208 cm³/mol. The van der Waals surface area contributed by atoms with Crippen molar-refractivity contribution in [3.8, 4) is 0 Å². The van der Waals surface area contributed by atoms with Gasteiger partial charge in [0.25, 0.3) is 0 Å². The first-order chi connectivity index (χ1) is 28.8. The minimum atomic E-state index is -5.08. The number of hydrogen-bond donors (Lipinski definition) is 6. The number of carboxylic acid groups (broad SMARTS) is 3. The van der Waals surface area contributed by atoms with Gasteiger partial charge in [0, 0.05) is 61.9 Å². The van der Waals surface area contributed by atoms with Crippen LogP contribution < -0.4 is 16.0 Å². The van der Waals surface area contributed by atoms with Crippen LogP contribution >= 0.6 is 23.2 Å². The summed E-state index contributed by atoms with van der Waals surface area (Å²) in [6, 6.07) is 8.93. The normalized spacial score (nSPS) is 21.4. The maximum absolute atomic E-state index is 15.1. The highest BCUT2D eigenvalue weighted by molar-refractivity contribution is 6.31. The highest BCUT2D eigenvalue weighted by atomic mass is 35.5. The summed E-state index contributed by atoms with van der Waals surface area (Å²) in [6.45, 7) is 14.9. The Labute approximate surface area is 364 Å².